The summed E-state index contributed by atoms with van der Waals surface area (Å²) in [5, 5.41) is 1.02. The summed E-state index contributed by atoms with van der Waals surface area (Å²) in [6.07, 6.45) is 2.82. The first-order chi connectivity index (χ1) is 17.8. The Balaban J connectivity index is 1.25. The van der Waals surface area contributed by atoms with E-state index >= 15 is 0 Å². The monoisotopic (exact) mass is 540 g/mol. The van der Waals surface area contributed by atoms with Gasteiger partial charge in [-0.2, -0.15) is 0 Å². The molecule has 0 aliphatic carbocycles. The van der Waals surface area contributed by atoms with Gasteiger partial charge < -0.3 is 14.5 Å². The standard InChI is InChI=1S/C30H31Cl2FN2O2/c1-34(29(36)21-6-9-25(33)10-7-21)19-23(22-8-11-27(31)28(32)18-22)12-15-35-16-13-30(14-17-35)26-5-3-2-4-24(26)20-37-30/h2-11,18,23H,12-17,19-20H2,1H3/t23-/m1/s1. The van der Waals surface area contributed by atoms with Gasteiger partial charge in [0, 0.05) is 38.2 Å². The molecule has 2 heterocycles. The first-order valence-corrected chi connectivity index (χ1v) is 13.5. The quantitative estimate of drug-likeness (QED) is 0.326. The van der Waals surface area contributed by atoms with Crippen LogP contribution in [0.5, 0.6) is 0 Å². The van der Waals surface area contributed by atoms with Crippen molar-refractivity contribution < 1.29 is 13.9 Å². The Morgan fingerprint density at radius 3 is 2.51 bits per heavy atom. The van der Waals surface area contributed by atoms with Crippen LogP contribution < -0.4 is 0 Å². The molecule has 0 unspecified atom stereocenters. The van der Waals surface area contributed by atoms with Gasteiger partial charge in [-0.1, -0.05) is 53.5 Å². The summed E-state index contributed by atoms with van der Waals surface area (Å²) < 4.78 is 19.7. The van der Waals surface area contributed by atoms with Gasteiger partial charge in [0.25, 0.3) is 5.91 Å². The number of ether oxygens (including phenoxy) is 1. The minimum atomic E-state index is -0.359. The number of likely N-dealkylation sites (N-methyl/N-ethyl adjacent to an activating group) is 1. The number of benzene rings is 3. The molecule has 1 amide bonds. The summed E-state index contributed by atoms with van der Waals surface area (Å²) in [6, 6.07) is 19.9. The summed E-state index contributed by atoms with van der Waals surface area (Å²) in [6.45, 7) is 4.05. The van der Waals surface area contributed by atoms with E-state index in [2.05, 4.69) is 29.2 Å². The second-order valence-electron chi connectivity index (χ2n) is 10.1. The Bertz CT molecular complexity index is 1260. The molecule has 0 aromatic heterocycles. The molecule has 2 aliphatic heterocycles. The SMILES string of the molecule is CN(C[C@@H](CCN1CCC2(CC1)OCc1ccccc12)c1ccc(Cl)c(Cl)c1)C(=O)c1ccc(F)cc1. The van der Waals surface area contributed by atoms with Crippen LogP contribution in [0.3, 0.4) is 0 Å². The highest BCUT2D eigenvalue weighted by atomic mass is 35.5. The van der Waals surface area contributed by atoms with Gasteiger partial charge in [0.15, 0.2) is 0 Å². The van der Waals surface area contributed by atoms with E-state index in [1.165, 1.54) is 35.4 Å². The fourth-order valence-electron chi connectivity index (χ4n) is 5.63. The third-order valence-electron chi connectivity index (χ3n) is 7.82. The normalized spacial score (nSPS) is 17.5. The zero-order valence-electron chi connectivity index (χ0n) is 20.9. The third-order valence-corrected chi connectivity index (χ3v) is 8.56. The summed E-state index contributed by atoms with van der Waals surface area (Å²) in [5.74, 6) is -0.423. The van der Waals surface area contributed by atoms with Gasteiger partial charge in [-0.3, -0.25) is 4.79 Å². The van der Waals surface area contributed by atoms with Crippen LogP contribution in [-0.2, 0) is 16.9 Å². The molecule has 4 nitrogen and oxygen atoms in total. The zero-order valence-corrected chi connectivity index (χ0v) is 22.4. The van der Waals surface area contributed by atoms with Crippen molar-refractivity contribution in [3.05, 3.63) is 105 Å². The van der Waals surface area contributed by atoms with Crippen molar-refractivity contribution in [1.82, 2.24) is 9.80 Å². The van der Waals surface area contributed by atoms with Crippen molar-refractivity contribution in [1.29, 1.82) is 0 Å². The van der Waals surface area contributed by atoms with Crippen molar-refractivity contribution >= 4 is 29.1 Å². The van der Waals surface area contributed by atoms with Crippen LogP contribution in [0.1, 0.15) is 52.2 Å². The predicted octanol–water partition coefficient (Wildman–Crippen LogP) is 6.90. The molecule has 1 saturated heterocycles. The average molecular weight is 541 g/mol. The molecular weight excluding hydrogens is 510 g/mol. The lowest BCUT2D eigenvalue weighted by atomic mass is 9.83. The number of hydrogen-bond acceptors (Lipinski definition) is 3. The largest absolute Gasteiger partial charge is 0.365 e. The number of likely N-dealkylation sites (tertiary alicyclic amines) is 1. The number of halogens is 3. The second kappa shape index (κ2) is 11.1. The van der Waals surface area contributed by atoms with Crippen LogP contribution >= 0.6 is 23.2 Å². The maximum Gasteiger partial charge on any atom is 0.253 e. The van der Waals surface area contributed by atoms with Crippen LogP contribution in [0.2, 0.25) is 10.0 Å². The molecular formula is C30H31Cl2FN2O2. The average Bonchev–Trinajstić information content (AvgIpc) is 3.27. The molecule has 1 spiro atoms. The summed E-state index contributed by atoms with van der Waals surface area (Å²) in [5.41, 5.74) is 4.02. The van der Waals surface area contributed by atoms with Crippen LogP contribution in [0.25, 0.3) is 0 Å². The number of carbonyl (C=O) groups is 1. The Kier molecular flexibility index (Phi) is 7.87. The van der Waals surface area contributed by atoms with Crippen molar-refractivity contribution in [2.45, 2.75) is 37.4 Å². The molecule has 0 saturated carbocycles. The van der Waals surface area contributed by atoms with E-state index in [1.54, 1.807) is 11.9 Å². The van der Waals surface area contributed by atoms with Gasteiger partial charge in [0.05, 0.1) is 22.3 Å². The molecule has 0 radical (unpaired) electrons. The molecule has 3 aromatic carbocycles. The van der Waals surface area contributed by atoms with Crippen LogP contribution in [0.15, 0.2) is 66.7 Å². The van der Waals surface area contributed by atoms with Gasteiger partial charge in [-0.05, 0) is 78.9 Å². The number of rotatable bonds is 7. The molecule has 5 rings (SSSR count). The topological polar surface area (TPSA) is 32.8 Å². The van der Waals surface area contributed by atoms with E-state index in [4.69, 9.17) is 27.9 Å². The van der Waals surface area contributed by atoms with Crippen LogP contribution in [-0.4, -0.2) is 48.9 Å². The lowest BCUT2D eigenvalue weighted by Gasteiger charge is -2.40. The molecule has 0 bridgehead atoms. The highest BCUT2D eigenvalue weighted by Gasteiger charge is 2.42. The third kappa shape index (κ3) is 5.70. The Hall–Kier alpha value is -2.44. The summed E-state index contributed by atoms with van der Waals surface area (Å²) in [7, 11) is 1.79. The second-order valence-corrected chi connectivity index (χ2v) is 10.9. The van der Waals surface area contributed by atoms with E-state index < -0.39 is 0 Å². The first-order valence-electron chi connectivity index (χ1n) is 12.8. The fourth-order valence-corrected chi connectivity index (χ4v) is 5.94. The molecule has 7 heteroatoms. The minimum Gasteiger partial charge on any atom is -0.365 e. The number of fused-ring (bicyclic) bond motifs is 2. The van der Waals surface area contributed by atoms with Gasteiger partial charge >= 0.3 is 0 Å². The van der Waals surface area contributed by atoms with E-state index in [-0.39, 0.29) is 23.2 Å². The molecule has 2 aliphatic rings. The van der Waals surface area contributed by atoms with Crippen molar-refractivity contribution in [3.8, 4) is 0 Å². The van der Waals surface area contributed by atoms with Crippen LogP contribution in [0, 0.1) is 5.82 Å². The number of amides is 1. The number of piperidine rings is 1. The van der Waals surface area contributed by atoms with Gasteiger partial charge in [-0.25, -0.2) is 4.39 Å². The van der Waals surface area contributed by atoms with E-state index in [1.807, 2.05) is 18.2 Å². The van der Waals surface area contributed by atoms with Crippen molar-refractivity contribution in [3.63, 3.8) is 0 Å². The maximum absolute atomic E-state index is 13.3. The first kappa shape index (κ1) is 26.2. The number of hydrogen-bond donors (Lipinski definition) is 0. The highest BCUT2D eigenvalue weighted by molar-refractivity contribution is 6.42. The molecule has 37 heavy (non-hydrogen) atoms. The lowest BCUT2D eigenvalue weighted by Crippen LogP contribution is -2.43. The molecule has 1 atom stereocenters. The molecule has 1 fully saturated rings. The minimum absolute atomic E-state index is 0.0727. The molecule has 3 aromatic rings. The smallest absolute Gasteiger partial charge is 0.253 e. The maximum atomic E-state index is 13.3. The van der Waals surface area contributed by atoms with E-state index in [0.29, 0.717) is 28.8 Å². The Labute approximate surface area is 227 Å². The predicted molar refractivity (Wildman–Crippen MR) is 146 cm³/mol. The summed E-state index contributed by atoms with van der Waals surface area (Å²) in [4.78, 5) is 17.2. The fraction of sp³-hybridized carbons (Fsp3) is 0.367. The molecule has 194 valence electrons. The van der Waals surface area contributed by atoms with Crippen molar-refractivity contribution in [2.24, 2.45) is 0 Å². The van der Waals surface area contributed by atoms with Gasteiger partial charge in [0.2, 0.25) is 0 Å². The molecule has 0 N–H and O–H groups in total. The Morgan fingerprint density at radius 1 is 1.05 bits per heavy atom. The number of nitrogens with zero attached hydrogens (tertiary/aromatic N) is 2. The van der Waals surface area contributed by atoms with Crippen LogP contribution in [0.4, 0.5) is 4.39 Å². The lowest BCUT2D eigenvalue weighted by molar-refractivity contribution is -0.0790. The van der Waals surface area contributed by atoms with Crippen molar-refractivity contribution in [2.75, 3.05) is 33.2 Å². The Morgan fingerprint density at radius 2 is 1.78 bits per heavy atom. The van der Waals surface area contributed by atoms with E-state index in [0.717, 1.165) is 44.5 Å². The van der Waals surface area contributed by atoms with Gasteiger partial charge in [0.1, 0.15) is 5.82 Å². The zero-order chi connectivity index (χ0) is 26.0. The van der Waals surface area contributed by atoms with Gasteiger partial charge in [-0.15, -0.1) is 0 Å². The highest BCUT2D eigenvalue weighted by Crippen LogP contribution is 2.44. The van der Waals surface area contributed by atoms with E-state index in [9.17, 15) is 9.18 Å². The number of carbonyl (C=O) groups excluding carboxylic acids is 1. The summed E-state index contributed by atoms with van der Waals surface area (Å²) >= 11 is 12.5.